The van der Waals surface area contributed by atoms with E-state index in [9.17, 15) is 4.57 Å². The lowest BCUT2D eigenvalue weighted by Crippen LogP contribution is -2.53. The van der Waals surface area contributed by atoms with Gasteiger partial charge in [0.25, 0.3) is 0 Å². The van der Waals surface area contributed by atoms with Gasteiger partial charge in [0.1, 0.15) is 12.2 Å². The third kappa shape index (κ3) is 3.95. The van der Waals surface area contributed by atoms with Crippen molar-refractivity contribution < 1.29 is 23.1 Å². The first-order valence-corrected chi connectivity index (χ1v) is 13.5. The van der Waals surface area contributed by atoms with Gasteiger partial charge in [0.2, 0.25) is 0 Å². The van der Waals surface area contributed by atoms with E-state index in [4.69, 9.17) is 18.5 Å². The van der Waals surface area contributed by atoms with Crippen LogP contribution in [0.1, 0.15) is 36.1 Å². The van der Waals surface area contributed by atoms with Crippen molar-refractivity contribution in [2.24, 2.45) is 0 Å². The minimum absolute atomic E-state index is 0.714. The Hall–Kier alpha value is -3.18. The summed E-state index contributed by atoms with van der Waals surface area (Å²) < 4.78 is 40.6. The number of hydrogen-bond acceptors (Lipinski definition) is 5. The zero-order valence-corrected chi connectivity index (χ0v) is 21.6. The van der Waals surface area contributed by atoms with Crippen LogP contribution in [0.5, 0.6) is 0 Å². The molecule has 4 aromatic rings. The molecule has 1 radical (unpaired) electrons. The van der Waals surface area contributed by atoms with Gasteiger partial charge in [-0.3, -0.25) is 9.05 Å². The van der Waals surface area contributed by atoms with Crippen LogP contribution in [0.15, 0.2) is 121 Å². The smallest absolute Gasteiger partial charge is 0.341 e. The predicted octanol–water partition coefficient (Wildman–Crippen LogP) is 7.10. The molecular weight excluding hydrogens is 483 g/mol. The van der Waals surface area contributed by atoms with Gasteiger partial charge < -0.3 is 9.47 Å². The molecule has 2 fully saturated rings. The van der Waals surface area contributed by atoms with Crippen molar-refractivity contribution >= 4 is 8.25 Å². The maximum absolute atomic E-state index is 14.0. The van der Waals surface area contributed by atoms with Crippen molar-refractivity contribution in [1.29, 1.82) is 0 Å². The summed E-state index contributed by atoms with van der Waals surface area (Å²) in [5, 5.41) is 0. The maximum Gasteiger partial charge on any atom is 0.371 e. The second-order valence-corrected chi connectivity index (χ2v) is 10.6. The van der Waals surface area contributed by atoms with E-state index in [1.54, 1.807) is 0 Å². The molecule has 0 saturated carbocycles. The molecule has 0 aromatic heterocycles. The Morgan fingerprint density at radius 1 is 0.514 bits per heavy atom. The molecular formula is C31H28O5P. The highest BCUT2D eigenvalue weighted by Crippen LogP contribution is 2.61. The van der Waals surface area contributed by atoms with Crippen molar-refractivity contribution in [3.05, 3.63) is 144 Å². The van der Waals surface area contributed by atoms with Gasteiger partial charge in [-0.05, 0) is 36.1 Å². The van der Waals surface area contributed by atoms with Crippen molar-refractivity contribution in [2.45, 2.75) is 43.0 Å². The topological polar surface area (TPSA) is 54.0 Å². The number of benzene rings is 4. The lowest BCUT2D eigenvalue weighted by Gasteiger charge is -2.41. The Morgan fingerprint density at radius 3 is 1.05 bits per heavy atom. The number of hydrogen-bond donors (Lipinski definition) is 0. The van der Waals surface area contributed by atoms with Crippen LogP contribution in [-0.2, 0) is 34.3 Å². The molecule has 5 nitrogen and oxygen atoms in total. The fraction of sp³-hybridized carbons (Fsp3) is 0.226. The molecule has 0 bridgehead atoms. The first kappa shape index (κ1) is 24.2. The van der Waals surface area contributed by atoms with E-state index in [-0.39, 0.29) is 0 Å². The zero-order chi connectivity index (χ0) is 25.5. The second kappa shape index (κ2) is 9.29. The average molecular weight is 512 g/mol. The SMILES string of the molecule is CC1(C)O[C@@H]2[C@@H](O1)C(c1ccccc1)(c1ccccc1)O[P](=O)OC2(c1ccccc1)c1ccccc1. The normalized spacial score (nSPS) is 23.7. The largest absolute Gasteiger partial charge is 0.371 e. The Labute approximate surface area is 217 Å². The summed E-state index contributed by atoms with van der Waals surface area (Å²) in [6.45, 7) is 3.78. The van der Waals surface area contributed by atoms with Crippen molar-refractivity contribution in [3.63, 3.8) is 0 Å². The minimum atomic E-state index is -2.65. The summed E-state index contributed by atoms with van der Waals surface area (Å²) >= 11 is 0. The fourth-order valence-corrected chi connectivity index (χ4v) is 6.79. The number of ether oxygens (including phenoxy) is 2. The average Bonchev–Trinajstić information content (AvgIpc) is 3.23. The third-order valence-corrected chi connectivity index (χ3v) is 8.02. The Kier molecular flexibility index (Phi) is 6.07. The van der Waals surface area contributed by atoms with Crippen molar-refractivity contribution in [2.75, 3.05) is 0 Å². The van der Waals surface area contributed by atoms with Crippen LogP contribution in [0.3, 0.4) is 0 Å². The molecule has 0 spiro atoms. The zero-order valence-electron chi connectivity index (χ0n) is 20.7. The van der Waals surface area contributed by atoms with Crippen LogP contribution in [0.2, 0.25) is 0 Å². The van der Waals surface area contributed by atoms with Crippen molar-refractivity contribution in [3.8, 4) is 0 Å². The van der Waals surface area contributed by atoms with Gasteiger partial charge in [-0.15, -0.1) is 0 Å². The summed E-state index contributed by atoms with van der Waals surface area (Å²) in [5.74, 6) is -0.964. The molecule has 0 amide bonds. The van der Waals surface area contributed by atoms with Crippen LogP contribution in [0.25, 0.3) is 0 Å². The van der Waals surface area contributed by atoms with Gasteiger partial charge in [-0.2, -0.15) is 0 Å². The lowest BCUT2D eigenvalue weighted by molar-refractivity contribution is -0.174. The van der Waals surface area contributed by atoms with Crippen LogP contribution < -0.4 is 0 Å². The molecule has 2 saturated heterocycles. The van der Waals surface area contributed by atoms with Gasteiger partial charge >= 0.3 is 8.25 Å². The van der Waals surface area contributed by atoms with Crippen molar-refractivity contribution in [1.82, 2.24) is 0 Å². The molecule has 6 rings (SSSR count). The van der Waals surface area contributed by atoms with E-state index in [1.165, 1.54) is 0 Å². The molecule has 187 valence electrons. The van der Waals surface area contributed by atoms with Crippen LogP contribution in [0.4, 0.5) is 0 Å². The van der Waals surface area contributed by atoms with Gasteiger partial charge in [0.05, 0.1) is 0 Å². The fourth-order valence-electron chi connectivity index (χ4n) is 5.66. The van der Waals surface area contributed by atoms with Crippen LogP contribution in [0, 0.1) is 0 Å². The monoisotopic (exact) mass is 511 g/mol. The molecule has 2 heterocycles. The van der Waals surface area contributed by atoms with Gasteiger partial charge in [-0.1, -0.05) is 121 Å². The summed E-state index contributed by atoms with van der Waals surface area (Å²) in [6, 6.07) is 39.1. The first-order chi connectivity index (χ1) is 18.0. The summed E-state index contributed by atoms with van der Waals surface area (Å²) in [5.41, 5.74) is 0.699. The Morgan fingerprint density at radius 2 is 0.784 bits per heavy atom. The lowest BCUT2D eigenvalue weighted by atomic mass is 9.72. The standard InChI is InChI=1S/C31H28O5P/c1-29(2)33-27-28(34-29)31(25-19-11-5-12-20-25,26-21-13-6-14-22-26)36-37(32)35-30(27,23-15-7-3-8-16-23)24-17-9-4-10-18-24/h3-22,27-28H,1-2H3/t27-,28-/m1/s1. The Balaban J connectivity index is 1.69. The second-order valence-electron chi connectivity index (χ2n) is 9.82. The number of rotatable bonds is 4. The highest BCUT2D eigenvalue weighted by molar-refractivity contribution is 7.33. The quantitative estimate of drug-likeness (QED) is 0.274. The third-order valence-electron chi connectivity index (χ3n) is 7.15. The van der Waals surface area contributed by atoms with Crippen LogP contribution >= 0.6 is 8.25 Å². The molecule has 0 aliphatic carbocycles. The predicted molar refractivity (Wildman–Crippen MR) is 141 cm³/mol. The molecule has 37 heavy (non-hydrogen) atoms. The molecule has 6 heteroatoms. The van der Waals surface area contributed by atoms with E-state index in [0.29, 0.717) is 0 Å². The van der Waals surface area contributed by atoms with E-state index in [0.717, 1.165) is 22.3 Å². The summed E-state index contributed by atoms with van der Waals surface area (Å²) in [4.78, 5) is 0. The Bertz CT molecular complexity index is 1190. The summed E-state index contributed by atoms with van der Waals surface area (Å²) in [7, 11) is -2.65. The van der Waals surface area contributed by atoms with E-state index < -0.39 is 37.5 Å². The number of fused-ring (bicyclic) bond motifs is 1. The molecule has 4 aromatic carbocycles. The van der Waals surface area contributed by atoms with E-state index >= 15 is 0 Å². The summed E-state index contributed by atoms with van der Waals surface area (Å²) in [6.07, 6.45) is -1.43. The molecule has 2 aliphatic rings. The highest BCUT2D eigenvalue weighted by Gasteiger charge is 2.66. The van der Waals surface area contributed by atoms with E-state index in [1.807, 2.05) is 135 Å². The maximum atomic E-state index is 14.0. The van der Waals surface area contributed by atoms with Crippen LogP contribution in [-0.4, -0.2) is 18.0 Å². The van der Waals surface area contributed by atoms with Gasteiger partial charge in [0.15, 0.2) is 17.0 Å². The van der Waals surface area contributed by atoms with Gasteiger partial charge in [0, 0.05) is 0 Å². The minimum Gasteiger partial charge on any atom is -0.341 e. The van der Waals surface area contributed by atoms with Gasteiger partial charge in [-0.25, -0.2) is 4.57 Å². The molecule has 2 atom stereocenters. The molecule has 0 unspecified atom stereocenters. The van der Waals surface area contributed by atoms with E-state index in [2.05, 4.69) is 0 Å². The molecule has 2 aliphatic heterocycles. The molecule has 0 N–H and O–H groups in total. The highest BCUT2D eigenvalue weighted by atomic mass is 31.1. The first-order valence-electron chi connectivity index (χ1n) is 12.4.